The van der Waals surface area contributed by atoms with Gasteiger partial charge in [-0.25, -0.2) is 13.4 Å². The first kappa shape index (κ1) is 29.5. The van der Waals surface area contributed by atoms with Crippen LogP contribution in [0.2, 0.25) is 0 Å². The Balaban J connectivity index is 1.55. The molecule has 4 N–H and O–H groups in total. The average Bonchev–Trinajstić information content (AvgIpc) is 3.12. The zero-order chi connectivity index (χ0) is 29.1. The van der Waals surface area contributed by atoms with Gasteiger partial charge in [0.25, 0.3) is 5.56 Å². The minimum Gasteiger partial charge on any atom is -0.460 e. The van der Waals surface area contributed by atoms with Crippen LogP contribution in [0.5, 0.6) is 0 Å². The fourth-order valence-corrected chi connectivity index (χ4v) is 6.80. The number of H-pyrrole nitrogens is 1. The summed E-state index contributed by atoms with van der Waals surface area (Å²) in [5.41, 5.74) is 7.13. The number of nitrogens with two attached hydrogens (primary N) is 1. The topological polar surface area (TPSA) is 159 Å². The summed E-state index contributed by atoms with van der Waals surface area (Å²) in [5, 5.41) is 3.49. The van der Waals surface area contributed by atoms with Crippen LogP contribution in [0.4, 0.5) is 11.4 Å². The Bertz CT molecular complexity index is 1470. The molecule has 2 heterocycles. The Labute approximate surface area is 235 Å². The first-order chi connectivity index (χ1) is 18.9. The molecule has 11 nitrogen and oxygen atoms in total. The lowest BCUT2D eigenvalue weighted by molar-refractivity contribution is -0.154. The molecule has 1 aliphatic heterocycles. The van der Waals surface area contributed by atoms with Crippen LogP contribution in [0.15, 0.2) is 50.1 Å². The molecule has 4 rings (SSSR count). The van der Waals surface area contributed by atoms with Crippen LogP contribution in [0.3, 0.4) is 0 Å². The lowest BCUT2D eigenvalue weighted by atomic mass is 9.85. The quantitative estimate of drug-likeness (QED) is 0.249. The molecule has 12 heteroatoms. The van der Waals surface area contributed by atoms with Crippen LogP contribution in [0.25, 0.3) is 0 Å². The van der Waals surface area contributed by atoms with E-state index >= 15 is 0 Å². The van der Waals surface area contributed by atoms with Crippen LogP contribution in [-0.2, 0) is 26.1 Å². The van der Waals surface area contributed by atoms with Gasteiger partial charge in [-0.2, -0.15) is 4.31 Å². The van der Waals surface area contributed by atoms with Gasteiger partial charge < -0.3 is 25.8 Å². The Kier molecular flexibility index (Phi) is 8.79. The predicted molar refractivity (Wildman–Crippen MR) is 156 cm³/mol. The third-order valence-corrected chi connectivity index (χ3v) is 8.91. The number of hydrogen-bond acceptors (Lipinski definition) is 8. The van der Waals surface area contributed by atoms with Crippen LogP contribution in [0, 0.1) is 5.92 Å². The van der Waals surface area contributed by atoms with Crippen LogP contribution < -0.4 is 16.6 Å². The number of hydrogen-bond donors (Lipinski definition) is 3. The van der Waals surface area contributed by atoms with Gasteiger partial charge in [0.2, 0.25) is 10.0 Å². The number of sulfonamides is 1. The Morgan fingerprint density at radius 1 is 1.25 bits per heavy atom. The van der Waals surface area contributed by atoms with E-state index in [4.69, 9.17) is 10.5 Å². The Morgan fingerprint density at radius 3 is 2.73 bits per heavy atom. The van der Waals surface area contributed by atoms with E-state index in [2.05, 4.69) is 20.3 Å². The minimum atomic E-state index is -3.75. The molecule has 216 valence electrons. The van der Waals surface area contributed by atoms with Gasteiger partial charge in [-0.15, -0.1) is 0 Å². The number of carbonyl (C=O) groups excluding carboxylic acids is 1. The van der Waals surface area contributed by atoms with Crippen molar-refractivity contribution in [2.24, 2.45) is 21.6 Å². The zero-order valence-electron chi connectivity index (χ0n) is 23.4. The second kappa shape index (κ2) is 11.9. The van der Waals surface area contributed by atoms with Gasteiger partial charge in [-0.1, -0.05) is 12.8 Å². The van der Waals surface area contributed by atoms with Crippen molar-refractivity contribution >= 4 is 39.4 Å². The molecule has 1 unspecified atom stereocenters. The van der Waals surface area contributed by atoms with Gasteiger partial charge in [0.05, 0.1) is 22.7 Å². The zero-order valence-corrected chi connectivity index (χ0v) is 24.3. The standard InChI is InChI=1S/C28H38N6O5S/c1-28(2,3)39-24(35)12-14-34-17-19-15-20(9-10-23(19)40(34,37)38)32-26(29)25-22(11-13-31-27(25)36)33-21-8-6-5-7-18(21)16-30-4/h9-11,13,15-16,18,21H,5-8,12,14,17H2,1-4H3,(H2,29,32)(H2,31,33,36)/t18?,21-/m0/s1. The highest BCUT2D eigenvalue weighted by Gasteiger charge is 2.35. The number of benzene rings is 1. The van der Waals surface area contributed by atoms with Crippen molar-refractivity contribution < 1.29 is 17.9 Å². The maximum absolute atomic E-state index is 13.0. The third-order valence-electron chi connectivity index (χ3n) is 6.96. The van der Waals surface area contributed by atoms with Gasteiger partial charge in [-0.05, 0) is 63.4 Å². The molecule has 2 aromatic rings. The summed E-state index contributed by atoms with van der Waals surface area (Å²) in [4.78, 5) is 36.5. The number of aliphatic imine (C=N–C) groups is 2. The summed E-state index contributed by atoms with van der Waals surface area (Å²) in [6.45, 7) is 5.39. The van der Waals surface area contributed by atoms with Crippen LogP contribution >= 0.6 is 0 Å². The van der Waals surface area contributed by atoms with E-state index in [0.717, 1.165) is 25.7 Å². The molecule has 1 saturated carbocycles. The fourth-order valence-electron chi connectivity index (χ4n) is 5.19. The first-order valence-corrected chi connectivity index (χ1v) is 14.9. The number of amidine groups is 1. The number of nitrogens with zero attached hydrogens (tertiary/aromatic N) is 3. The van der Waals surface area contributed by atoms with Crippen molar-refractivity contribution in [1.29, 1.82) is 0 Å². The number of pyridine rings is 1. The molecule has 1 aromatic carbocycles. The molecule has 0 amide bonds. The highest BCUT2D eigenvalue weighted by Crippen LogP contribution is 2.33. The van der Waals surface area contributed by atoms with E-state index in [-0.39, 0.29) is 53.3 Å². The lowest BCUT2D eigenvalue weighted by Crippen LogP contribution is -2.35. The molecular formula is C28H38N6O5S. The number of aromatic amines is 1. The SMILES string of the molecule is CN=CC1CCCC[C@@H]1Nc1cc[nH]c(=O)c1C(N)=Nc1ccc2c(c1)CN(CCC(=O)OC(C)(C)C)S2(=O)=O. The summed E-state index contributed by atoms with van der Waals surface area (Å²) < 4.78 is 32.6. The number of carbonyl (C=O) groups is 1. The summed E-state index contributed by atoms with van der Waals surface area (Å²) in [7, 11) is -1.99. The summed E-state index contributed by atoms with van der Waals surface area (Å²) in [6.07, 6.45) is 7.65. The molecule has 1 fully saturated rings. The van der Waals surface area contributed by atoms with E-state index in [1.165, 1.54) is 10.4 Å². The van der Waals surface area contributed by atoms with Gasteiger partial charge in [-0.3, -0.25) is 9.59 Å². The van der Waals surface area contributed by atoms with Gasteiger partial charge in [0.1, 0.15) is 17.0 Å². The highest BCUT2D eigenvalue weighted by atomic mass is 32.2. The summed E-state index contributed by atoms with van der Waals surface area (Å²) in [5.74, 6) is -0.194. The van der Waals surface area contributed by atoms with Crippen LogP contribution in [0.1, 0.15) is 64.0 Å². The van der Waals surface area contributed by atoms with E-state index in [1.54, 1.807) is 52.2 Å². The monoisotopic (exact) mass is 570 g/mol. The first-order valence-electron chi connectivity index (χ1n) is 13.5. The molecule has 0 bridgehead atoms. The van der Waals surface area contributed by atoms with Crippen molar-refractivity contribution in [3.8, 4) is 0 Å². The number of aromatic nitrogens is 1. The summed E-state index contributed by atoms with van der Waals surface area (Å²) >= 11 is 0. The molecule has 0 spiro atoms. The smallest absolute Gasteiger partial charge is 0.307 e. The molecule has 40 heavy (non-hydrogen) atoms. The Morgan fingerprint density at radius 2 is 2.00 bits per heavy atom. The largest absolute Gasteiger partial charge is 0.460 e. The molecule has 2 aliphatic rings. The van der Waals surface area contributed by atoms with Crippen molar-refractivity contribution in [3.63, 3.8) is 0 Å². The maximum atomic E-state index is 13.0. The number of nitrogens with one attached hydrogen (secondary N) is 2. The molecule has 0 radical (unpaired) electrons. The van der Waals surface area contributed by atoms with Gasteiger partial charge in [0, 0.05) is 44.5 Å². The molecule has 1 aliphatic carbocycles. The number of anilines is 1. The van der Waals surface area contributed by atoms with Gasteiger partial charge >= 0.3 is 5.97 Å². The van der Waals surface area contributed by atoms with E-state index < -0.39 is 21.6 Å². The van der Waals surface area contributed by atoms with Crippen molar-refractivity contribution in [2.45, 2.75) is 76.0 Å². The van der Waals surface area contributed by atoms with E-state index in [0.29, 0.717) is 16.9 Å². The third kappa shape index (κ3) is 6.79. The molecule has 1 aromatic heterocycles. The lowest BCUT2D eigenvalue weighted by Gasteiger charge is -2.31. The van der Waals surface area contributed by atoms with E-state index in [9.17, 15) is 18.0 Å². The number of esters is 1. The summed E-state index contributed by atoms with van der Waals surface area (Å²) in [6, 6.07) is 6.57. The van der Waals surface area contributed by atoms with Crippen molar-refractivity contribution in [2.75, 3.05) is 18.9 Å². The maximum Gasteiger partial charge on any atom is 0.307 e. The average molecular weight is 571 g/mol. The molecular weight excluding hydrogens is 532 g/mol. The number of rotatable bonds is 8. The predicted octanol–water partition coefficient (Wildman–Crippen LogP) is 3.32. The number of fused-ring (bicyclic) bond motifs is 1. The van der Waals surface area contributed by atoms with Crippen molar-refractivity contribution in [1.82, 2.24) is 9.29 Å². The minimum absolute atomic E-state index is 0.00594. The normalized spacial score (nSPS) is 21.4. The highest BCUT2D eigenvalue weighted by molar-refractivity contribution is 7.89. The van der Waals surface area contributed by atoms with Crippen LogP contribution in [-0.4, -0.2) is 61.0 Å². The fraction of sp³-hybridized carbons (Fsp3) is 0.500. The van der Waals surface area contributed by atoms with E-state index in [1.807, 2.05) is 6.21 Å². The van der Waals surface area contributed by atoms with Crippen molar-refractivity contribution in [3.05, 3.63) is 51.9 Å². The second-order valence-corrected chi connectivity index (χ2v) is 13.1. The molecule has 2 atom stereocenters. The number of ether oxygens (including phenoxy) is 1. The molecule has 0 saturated heterocycles. The Hall–Kier alpha value is -3.51. The second-order valence-electron chi connectivity index (χ2n) is 11.2. The van der Waals surface area contributed by atoms with Gasteiger partial charge in [0.15, 0.2) is 0 Å².